The summed E-state index contributed by atoms with van der Waals surface area (Å²) < 4.78 is 23.9. The number of anilines is 1. The van der Waals surface area contributed by atoms with E-state index in [9.17, 15) is 18.5 Å². The first kappa shape index (κ1) is 15.6. The summed E-state index contributed by atoms with van der Waals surface area (Å²) in [6.45, 7) is 4.35. The molecule has 0 bridgehead atoms. The van der Waals surface area contributed by atoms with Gasteiger partial charge in [-0.05, 0) is 12.8 Å². The van der Waals surface area contributed by atoms with Crippen LogP contribution in [0.5, 0.6) is 0 Å². The molecular weight excluding hydrogens is 296 g/mol. The second-order valence-corrected chi connectivity index (χ2v) is 7.63. The van der Waals surface area contributed by atoms with Gasteiger partial charge in [-0.15, -0.1) is 0 Å². The zero-order valence-corrected chi connectivity index (χ0v) is 12.8. The Morgan fingerprint density at radius 2 is 1.90 bits per heavy atom. The topological polar surface area (TPSA) is 106 Å². The minimum Gasteiger partial charge on any atom is -0.338 e. The highest BCUT2D eigenvalue weighted by Crippen LogP contribution is 2.32. The normalized spacial score (nSPS) is 20.2. The molecule has 1 aromatic rings. The monoisotopic (exact) mass is 314 g/mol. The van der Waals surface area contributed by atoms with Gasteiger partial charge in [0.2, 0.25) is 5.95 Å². The predicted octanol–water partition coefficient (Wildman–Crippen LogP) is 1.18. The van der Waals surface area contributed by atoms with E-state index in [1.807, 2.05) is 13.8 Å². The summed E-state index contributed by atoms with van der Waals surface area (Å²) in [6.07, 6.45) is 3.33. The van der Waals surface area contributed by atoms with Gasteiger partial charge in [0, 0.05) is 13.1 Å². The van der Waals surface area contributed by atoms with Crippen molar-refractivity contribution in [3.63, 3.8) is 0 Å². The molecule has 2 heterocycles. The van der Waals surface area contributed by atoms with Crippen molar-refractivity contribution in [3.8, 4) is 0 Å². The summed E-state index contributed by atoms with van der Waals surface area (Å²) in [4.78, 5) is 19.8. The Hall–Kier alpha value is -1.77. The molecule has 1 aliphatic rings. The second-order valence-electron chi connectivity index (χ2n) is 5.13. The number of nitrogens with zero attached hydrogens (tertiary/aromatic N) is 4. The van der Waals surface area contributed by atoms with Crippen molar-refractivity contribution < 1.29 is 13.3 Å². The van der Waals surface area contributed by atoms with Crippen molar-refractivity contribution in [3.05, 3.63) is 22.5 Å². The molecule has 21 heavy (non-hydrogen) atoms. The van der Waals surface area contributed by atoms with Crippen LogP contribution in [0.15, 0.2) is 12.4 Å². The smallest absolute Gasteiger partial charge is 0.305 e. The molecule has 0 amide bonds. The first-order valence-corrected chi connectivity index (χ1v) is 8.44. The summed E-state index contributed by atoms with van der Waals surface area (Å²) in [7, 11) is -3.15. The van der Waals surface area contributed by atoms with E-state index in [1.54, 1.807) is 4.90 Å². The standard InChI is InChI=1S/C12H18N4O4S/c1-3-12(4-2)9-15(5-6-21(12,19)20)11-13-7-10(8-14-11)16(17)18/h7-8H,3-6,9H2,1-2H3. The molecule has 0 unspecified atom stereocenters. The lowest BCUT2D eigenvalue weighted by Crippen LogP contribution is -2.56. The van der Waals surface area contributed by atoms with Gasteiger partial charge < -0.3 is 4.90 Å². The number of sulfone groups is 1. The largest absolute Gasteiger partial charge is 0.338 e. The highest BCUT2D eigenvalue weighted by atomic mass is 32.2. The highest BCUT2D eigenvalue weighted by molar-refractivity contribution is 7.92. The first-order valence-electron chi connectivity index (χ1n) is 6.79. The van der Waals surface area contributed by atoms with Crippen LogP contribution in [0.1, 0.15) is 26.7 Å². The zero-order valence-electron chi connectivity index (χ0n) is 12.0. The maximum atomic E-state index is 12.3. The lowest BCUT2D eigenvalue weighted by molar-refractivity contribution is -0.385. The molecule has 0 atom stereocenters. The minimum atomic E-state index is -3.15. The minimum absolute atomic E-state index is 0.0506. The van der Waals surface area contributed by atoms with Gasteiger partial charge in [-0.3, -0.25) is 10.1 Å². The number of nitro groups is 1. The molecule has 0 spiro atoms. The number of hydrogen-bond donors (Lipinski definition) is 0. The fourth-order valence-corrected chi connectivity index (χ4v) is 4.75. The maximum absolute atomic E-state index is 12.3. The fourth-order valence-electron chi connectivity index (χ4n) is 2.63. The Labute approximate surface area is 123 Å². The Morgan fingerprint density at radius 1 is 1.33 bits per heavy atom. The van der Waals surface area contributed by atoms with Gasteiger partial charge in [0.05, 0.1) is 15.4 Å². The molecule has 1 fully saturated rings. The van der Waals surface area contributed by atoms with Crippen LogP contribution in [0.2, 0.25) is 0 Å². The lowest BCUT2D eigenvalue weighted by Gasteiger charge is -2.41. The Balaban J connectivity index is 2.28. The van der Waals surface area contributed by atoms with Crippen molar-refractivity contribution in [2.45, 2.75) is 31.4 Å². The summed E-state index contributed by atoms with van der Waals surface area (Å²) in [6, 6.07) is 0. The third kappa shape index (κ3) is 2.69. The van der Waals surface area contributed by atoms with E-state index >= 15 is 0 Å². The van der Waals surface area contributed by atoms with Crippen molar-refractivity contribution in [1.82, 2.24) is 9.97 Å². The molecule has 0 aliphatic carbocycles. The van der Waals surface area contributed by atoms with E-state index in [0.29, 0.717) is 31.9 Å². The number of rotatable bonds is 4. The van der Waals surface area contributed by atoms with Crippen molar-refractivity contribution in [1.29, 1.82) is 0 Å². The van der Waals surface area contributed by atoms with Crippen LogP contribution in [0.25, 0.3) is 0 Å². The zero-order chi connectivity index (χ0) is 15.7. The molecule has 0 aromatic carbocycles. The van der Waals surface area contributed by atoms with E-state index in [2.05, 4.69) is 9.97 Å². The molecule has 0 radical (unpaired) electrons. The molecule has 8 nitrogen and oxygen atoms in total. The van der Waals surface area contributed by atoms with Crippen molar-refractivity contribution in [2.75, 3.05) is 23.7 Å². The third-order valence-electron chi connectivity index (χ3n) is 4.18. The fraction of sp³-hybridized carbons (Fsp3) is 0.667. The Morgan fingerprint density at radius 3 is 2.38 bits per heavy atom. The highest BCUT2D eigenvalue weighted by Gasteiger charge is 2.45. The van der Waals surface area contributed by atoms with Gasteiger partial charge in [-0.25, -0.2) is 18.4 Å². The molecule has 0 saturated carbocycles. The van der Waals surface area contributed by atoms with Gasteiger partial charge in [0.25, 0.3) is 0 Å². The van der Waals surface area contributed by atoms with Crippen LogP contribution in [0, 0.1) is 10.1 Å². The molecule has 9 heteroatoms. The molecule has 0 N–H and O–H groups in total. The van der Waals surface area contributed by atoms with Crippen LogP contribution in [-0.2, 0) is 9.84 Å². The Kier molecular flexibility index (Phi) is 4.13. The predicted molar refractivity (Wildman–Crippen MR) is 78.0 cm³/mol. The molecule has 116 valence electrons. The van der Waals surface area contributed by atoms with E-state index in [-0.39, 0.29) is 11.4 Å². The van der Waals surface area contributed by atoms with E-state index in [4.69, 9.17) is 0 Å². The van der Waals surface area contributed by atoms with Gasteiger partial charge in [-0.2, -0.15) is 0 Å². The third-order valence-corrected chi connectivity index (χ3v) is 6.92. The van der Waals surface area contributed by atoms with Crippen LogP contribution in [-0.4, -0.2) is 46.9 Å². The van der Waals surface area contributed by atoms with Crippen molar-refractivity contribution >= 4 is 21.5 Å². The second kappa shape index (κ2) is 5.55. The summed E-state index contributed by atoms with van der Waals surface area (Å²) in [5.74, 6) is 0.386. The number of hydrogen-bond acceptors (Lipinski definition) is 7. The van der Waals surface area contributed by atoms with Crippen LogP contribution in [0.3, 0.4) is 0 Å². The van der Waals surface area contributed by atoms with Crippen LogP contribution < -0.4 is 4.90 Å². The quantitative estimate of drug-likeness (QED) is 0.606. The van der Waals surface area contributed by atoms with E-state index in [0.717, 1.165) is 12.4 Å². The molecular formula is C12H18N4O4S. The van der Waals surface area contributed by atoms with Gasteiger partial charge in [0.1, 0.15) is 12.4 Å². The molecule has 1 aromatic heterocycles. The Bertz CT molecular complexity index is 625. The van der Waals surface area contributed by atoms with Gasteiger partial charge in [-0.1, -0.05) is 13.8 Å². The van der Waals surface area contributed by atoms with E-state index in [1.165, 1.54) is 0 Å². The summed E-state index contributed by atoms with van der Waals surface area (Å²) >= 11 is 0. The van der Waals surface area contributed by atoms with Crippen LogP contribution >= 0.6 is 0 Å². The summed E-state index contributed by atoms with van der Waals surface area (Å²) in [5, 5.41) is 10.6. The van der Waals surface area contributed by atoms with E-state index < -0.39 is 19.5 Å². The molecule has 2 rings (SSSR count). The number of aromatic nitrogens is 2. The van der Waals surface area contributed by atoms with Crippen LogP contribution in [0.4, 0.5) is 11.6 Å². The average molecular weight is 314 g/mol. The molecule has 1 saturated heterocycles. The SMILES string of the molecule is CCC1(CC)CN(c2ncc([N+](=O)[O-])cn2)CCS1(=O)=O. The molecule has 1 aliphatic heterocycles. The van der Waals surface area contributed by atoms with Crippen molar-refractivity contribution in [2.24, 2.45) is 0 Å². The van der Waals surface area contributed by atoms with Gasteiger partial charge >= 0.3 is 5.69 Å². The average Bonchev–Trinajstić information content (AvgIpc) is 2.47. The summed E-state index contributed by atoms with van der Waals surface area (Å²) in [5.41, 5.74) is -0.180. The lowest BCUT2D eigenvalue weighted by atomic mass is 10.0. The van der Waals surface area contributed by atoms with Gasteiger partial charge in [0.15, 0.2) is 9.84 Å². The first-order chi connectivity index (χ1) is 9.85. The maximum Gasteiger partial charge on any atom is 0.305 e.